The zero-order valence-electron chi connectivity index (χ0n) is 13.3. The summed E-state index contributed by atoms with van der Waals surface area (Å²) in [6.07, 6.45) is 2.01. The van der Waals surface area contributed by atoms with Crippen LogP contribution in [0.3, 0.4) is 0 Å². The highest BCUT2D eigenvalue weighted by Gasteiger charge is 2.23. The van der Waals surface area contributed by atoms with Crippen molar-refractivity contribution in [1.29, 1.82) is 0 Å². The van der Waals surface area contributed by atoms with Crippen LogP contribution in [-0.4, -0.2) is 24.2 Å². The summed E-state index contributed by atoms with van der Waals surface area (Å²) in [5, 5.41) is 12.7. The summed E-state index contributed by atoms with van der Waals surface area (Å²) in [5.41, 5.74) is 6.24. The van der Waals surface area contributed by atoms with Gasteiger partial charge in [0, 0.05) is 5.56 Å². The highest BCUT2D eigenvalue weighted by molar-refractivity contribution is 5.92. The molecule has 2 aliphatic rings. The summed E-state index contributed by atoms with van der Waals surface area (Å²) in [6, 6.07) is 13.5. The zero-order chi connectivity index (χ0) is 16.5. The van der Waals surface area contributed by atoms with Crippen molar-refractivity contribution in [3.05, 3.63) is 70.3 Å². The smallest absolute Gasteiger partial charge is 0.335 e. The monoisotopic (exact) mass is 321 g/mol. The predicted molar refractivity (Wildman–Crippen MR) is 92.3 cm³/mol. The van der Waals surface area contributed by atoms with Crippen molar-refractivity contribution in [3.63, 3.8) is 0 Å². The molecule has 0 aliphatic carbocycles. The molecule has 0 saturated carbocycles. The van der Waals surface area contributed by atoms with E-state index in [-0.39, 0.29) is 5.56 Å². The molecule has 0 atom stereocenters. The molecule has 2 aliphatic heterocycles. The minimum Gasteiger partial charge on any atom is -0.488 e. The number of aromatic carboxylic acids is 1. The van der Waals surface area contributed by atoms with Gasteiger partial charge in [0.25, 0.3) is 0 Å². The summed E-state index contributed by atoms with van der Waals surface area (Å²) in [5.74, 6) is -0.272. The molecule has 24 heavy (non-hydrogen) atoms. The molecule has 2 N–H and O–H groups in total. The Labute approximate surface area is 140 Å². The molecule has 0 spiro atoms. The number of carboxylic acid groups (broad SMARTS) is 1. The van der Waals surface area contributed by atoms with E-state index in [1.807, 2.05) is 12.1 Å². The fourth-order valence-electron chi connectivity index (χ4n) is 3.53. The van der Waals surface area contributed by atoms with E-state index in [0.29, 0.717) is 12.4 Å². The summed E-state index contributed by atoms with van der Waals surface area (Å²) < 4.78 is 5.97. The number of benzene rings is 2. The Balaban J connectivity index is 1.95. The second-order valence-electron chi connectivity index (χ2n) is 6.19. The predicted octanol–water partition coefficient (Wildman–Crippen LogP) is 3.46. The minimum absolute atomic E-state index is 0.259. The Morgan fingerprint density at radius 1 is 1.04 bits per heavy atom. The van der Waals surface area contributed by atoms with Gasteiger partial charge in [0.1, 0.15) is 12.4 Å². The number of ether oxygens (including phenoxy) is 1. The van der Waals surface area contributed by atoms with Crippen LogP contribution in [0.25, 0.3) is 5.57 Å². The number of piperidine rings is 1. The molecule has 1 fully saturated rings. The Morgan fingerprint density at radius 3 is 2.62 bits per heavy atom. The van der Waals surface area contributed by atoms with Crippen LogP contribution >= 0.6 is 0 Å². The molecule has 4 rings (SSSR count). The third-order valence-corrected chi connectivity index (χ3v) is 4.73. The lowest BCUT2D eigenvalue weighted by Gasteiger charge is -2.21. The topological polar surface area (TPSA) is 58.6 Å². The Morgan fingerprint density at radius 2 is 1.83 bits per heavy atom. The molecular formula is C20H19NO3. The largest absolute Gasteiger partial charge is 0.488 e. The van der Waals surface area contributed by atoms with E-state index >= 15 is 0 Å². The van der Waals surface area contributed by atoms with Crippen molar-refractivity contribution >= 4 is 11.5 Å². The lowest BCUT2D eigenvalue weighted by Crippen LogP contribution is -2.24. The van der Waals surface area contributed by atoms with E-state index in [4.69, 9.17) is 4.74 Å². The van der Waals surface area contributed by atoms with E-state index in [0.717, 1.165) is 37.1 Å². The molecule has 122 valence electrons. The van der Waals surface area contributed by atoms with Crippen LogP contribution in [0, 0.1) is 0 Å². The highest BCUT2D eigenvalue weighted by atomic mass is 16.5. The second kappa shape index (κ2) is 6.13. The number of hydrogen-bond donors (Lipinski definition) is 2. The average molecular weight is 321 g/mol. The van der Waals surface area contributed by atoms with E-state index < -0.39 is 5.97 Å². The van der Waals surface area contributed by atoms with Crippen molar-refractivity contribution in [2.24, 2.45) is 0 Å². The molecule has 0 unspecified atom stereocenters. The summed E-state index contributed by atoms with van der Waals surface area (Å²) >= 11 is 0. The molecule has 4 nitrogen and oxygen atoms in total. The summed E-state index contributed by atoms with van der Waals surface area (Å²) in [6.45, 7) is 2.41. The van der Waals surface area contributed by atoms with Gasteiger partial charge < -0.3 is 15.2 Å². The fourth-order valence-corrected chi connectivity index (χ4v) is 3.53. The number of fused-ring (bicyclic) bond motifs is 2. The molecule has 0 aromatic heterocycles. The van der Waals surface area contributed by atoms with Gasteiger partial charge in [-0.05, 0) is 60.8 Å². The van der Waals surface area contributed by atoms with Crippen LogP contribution in [0.4, 0.5) is 0 Å². The van der Waals surface area contributed by atoms with Gasteiger partial charge >= 0.3 is 5.97 Å². The normalized spacial score (nSPS) is 16.7. The Bertz CT molecular complexity index is 831. The van der Waals surface area contributed by atoms with Gasteiger partial charge in [-0.3, -0.25) is 0 Å². The average Bonchev–Trinajstić information content (AvgIpc) is 2.78. The standard InChI is InChI=1S/C20H19NO3/c22-20(23)14-5-6-17-18(11-14)24-12-15-3-1-2-4-16(15)19(17)13-7-9-21-10-8-13/h1-6,11,21H,7-10,12H2,(H,22,23). The first kappa shape index (κ1) is 15.0. The van der Waals surface area contributed by atoms with Gasteiger partial charge in [-0.2, -0.15) is 0 Å². The molecule has 4 heteroatoms. The molecule has 1 saturated heterocycles. The van der Waals surface area contributed by atoms with Gasteiger partial charge in [0.05, 0.1) is 5.56 Å². The molecule has 0 radical (unpaired) electrons. The first-order valence-electron chi connectivity index (χ1n) is 8.25. The third-order valence-electron chi connectivity index (χ3n) is 4.73. The van der Waals surface area contributed by atoms with E-state index in [2.05, 4.69) is 23.5 Å². The lowest BCUT2D eigenvalue weighted by atomic mass is 9.86. The third kappa shape index (κ3) is 2.59. The van der Waals surface area contributed by atoms with Crippen LogP contribution in [0.15, 0.2) is 48.0 Å². The fraction of sp³-hybridized carbons (Fsp3) is 0.250. The first-order valence-corrected chi connectivity index (χ1v) is 8.25. The maximum absolute atomic E-state index is 11.3. The zero-order valence-corrected chi connectivity index (χ0v) is 13.3. The number of rotatable bonds is 1. The Hall–Kier alpha value is -2.59. The van der Waals surface area contributed by atoms with Crippen LogP contribution in [0.2, 0.25) is 0 Å². The quantitative estimate of drug-likeness (QED) is 0.844. The minimum atomic E-state index is -0.931. The van der Waals surface area contributed by atoms with Crippen molar-refractivity contribution in [1.82, 2.24) is 5.32 Å². The number of carboxylic acids is 1. The van der Waals surface area contributed by atoms with Crippen molar-refractivity contribution < 1.29 is 14.6 Å². The van der Waals surface area contributed by atoms with E-state index in [1.165, 1.54) is 16.7 Å². The highest BCUT2D eigenvalue weighted by Crippen LogP contribution is 2.40. The van der Waals surface area contributed by atoms with Crippen LogP contribution in [0.1, 0.15) is 39.9 Å². The number of nitrogens with one attached hydrogen (secondary N) is 1. The van der Waals surface area contributed by atoms with Gasteiger partial charge in [0.2, 0.25) is 0 Å². The maximum atomic E-state index is 11.3. The van der Waals surface area contributed by atoms with Gasteiger partial charge in [-0.15, -0.1) is 0 Å². The second-order valence-corrected chi connectivity index (χ2v) is 6.19. The van der Waals surface area contributed by atoms with E-state index in [1.54, 1.807) is 12.1 Å². The van der Waals surface area contributed by atoms with Crippen LogP contribution < -0.4 is 10.1 Å². The lowest BCUT2D eigenvalue weighted by molar-refractivity contribution is 0.0696. The summed E-state index contributed by atoms with van der Waals surface area (Å²) in [7, 11) is 0. The van der Waals surface area contributed by atoms with Crippen molar-refractivity contribution in [2.75, 3.05) is 13.1 Å². The van der Waals surface area contributed by atoms with Crippen LogP contribution in [0.5, 0.6) is 5.75 Å². The SMILES string of the molecule is O=C(O)c1ccc2c(c1)OCc1ccccc1C2=C1CCNCC1. The Kier molecular flexibility index (Phi) is 3.82. The van der Waals surface area contributed by atoms with Crippen molar-refractivity contribution in [2.45, 2.75) is 19.4 Å². The number of hydrogen-bond acceptors (Lipinski definition) is 3. The van der Waals surface area contributed by atoms with Gasteiger partial charge in [-0.1, -0.05) is 29.8 Å². The van der Waals surface area contributed by atoms with E-state index in [9.17, 15) is 9.90 Å². The van der Waals surface area contributed by atoms with Crippen molar-refractivity contribution in [3.8, 4) is 5.75 Å². The first-order chi connectivity index (χ1) is 11.7. The molecular weight excluding hydrogens is 302 g/mol. The molecule has 2 aromatic carbocycles. The molecule has 0 bridgehead atoms. The van der Waals surface area contributed by atoms with Gasteiger partial charge in [-0.25, -0.2) is 4.79 Å². The molecule has 0 amide bonds. The summed E-state index contributed by atoms with van der Waals surface area (Å²) in [4.78, 5) is 11.3. The molecule has 2 aromatic rings. The van der Waals surface area contributed by atoms with Gasteiger partial charge in [0.15, 0.2) is 0 Å². The number of carbonyl (C=O) groups is 1. The van der Waals surface area contributed by atoms with Crippen LogP contribution in [-0.2, 0) is 6.61 Å². The molecule has 2 heterocycles. The maximum Gasteiger partial charge on any atom is 0.335 e.